The molecule has 1 aliphatic rings. The largest absolute Gasteiger partial charge is 0.377 e. The van der Waals surface area contributed by atoms with Crippen molar-refractivity contribution in [2.24, 2.45) is 0 Å². The summed E-state index contributed by atoms with van der Waals surface area (Å²) in [4.78, 5) is 17.5. The number of ether oxygens (including phenoxy) is 1. The molecule has 0 amide bonds. The number of nitrogens with one attached hydrogen (secondary N) is 1. The number of para-hydroxylation sites is 1. The predicted molar refractivity (Wildman–Crippen MR) is 84.5 cm³/mol. The molecule has 4 nitrogen and oxygen atoms in total. The summed E-state index contributed by atoms with van der Waals surface area (Å²) >= 11 is 0. The number of likely N-dealkylation sites (tertiary alicyclic amines) is 1. The Morgan fingerprint density at radius 1 is 1.38 bits per heavy atom. The highest BCUT2D eigenvalue weighted by Gasteiger charge is 2.20. The molecule has 21 heavy (non-hydrogen) atoms. The lowest BCUT2D eigenvalue weighted by molar-refractivity contribution is 0.00354. The summed E-state index contributed by atoms with van der Waals surface area (Å²) in [5.74, 6) is 0. The highest BCUT2D eigenvalue weighted by Crippen LogP contribution is 2.16. The van der Waals surface area contributed by atoms with E-state index in [1.165, 1.54) is 0 Å². The third kappa shape index (κ3) is 3.34. The lowest BCUT2D eigenvalue weighted by Crippen LogP contribution is -2.40. The maximum Gasteiger partial charge on any atom is 0.252 e. The molecule has 0 saturated carbocycles. The Morgan fingerprint density at radius 3 is 3.10 bits per heavy atom. The van der Waals surface area contributed by atoms with Crippen LogP contribution in [0.3, 0.4) is 0 Å². The summed E-state index contributed by atoms with van der Waals surface area (Å²) in [5, 5.41) is 1.09. The molecule has 112 valence electrons. The first-order valence-corrected chi connectivity index (χ1v) is 7.71. The van der Waals surface area contributed by atoms with Crippen LogP contribution in [0.2, 0.25) is 0 Å². The van der Waals surface area contributed by atoms with Crippen molar-refractivity contribution in [2.75, 3.05) is 19.7 Å². The minimum Gasteiger partial charge on any atom is -0.377 e. The molecular weight excluding hydrogens is 264 g/mol. The minimum atomic E-state index is 0.0206. The van der Waals surface area contributed by atoms with Crippen LogP contribution < -0.4 is 5.56 Å². The van der Waals surface area contributed by atoms with Crippen molar-refractivity contribution in [1.29, 1.82) is 0 Å². The van der Waals surface area contributed by atoms with Crippen LogP contribution in [0.1, 0.15) is 25.3 Å². The molecule has 1 aliphatic heterocycles. The van der Waals surface area contributed by atoms with Gasteiger partial charge in [0.1, 0.15) is 0 Å². The molecule has 3 rings (SSSR count). The van der Waals surface area contributed by atoms with E-state index in [0.29, 0.717) is 12.6 Å². The van der Waals surface area contributed by atoms with Gasteiger partial charge in [0.25, 0.3) is 5.56 Å². The molecule has 1 fully saturated rings. The van der Waals surface area contributed by atoms with E-state index >= 15 is 0 Å². The van der Waals surface area contributed by atoms with Gasteiger partial charge in [-0.05, 0) is 43.8 Å². The lowest BCUT2D eigenvalue weighted by atomic mass is 10.1. The molecule has 1 N–H and O–H groups in total. The molecule has 1 aromatic heterocycles. The van der Waals surface area contributed by atoms with Crippen molar-refractivity contribution < 1.29 is 4.74 Å². The summed E-state index contributed by atoms with van der Waals surface area (Å²) in [6.45, 7) is 5.45. The maximum atomic E-state index is 12.2. The Labute approximate surface area is 124 Å². The molecule has 1 aromatic carbocycles. The second kappa shape index (κ2) is 6.41. The van der Waals surface area contributed by atoms with Gasteiger partial charge in [0.2, 0.25) is 0 Å². The predicted octanol–water partition coefficient (Wildman–Crippen LogP) is 2.53. The zero-order chi connectivity index (χ0) is 14.7. The van der Waals surface area contributed by atoms with E-state index in [1.54, 1.807) is 0 Å². The maximum absolute atomic E-state index is 12.2. The van der Waals surface area contributed by atoms with Gasteiger partial charge in [0, 0.05) is 30.8 Å². The number of rotatable bonds is 4. The third-order valence-electron chi connectivity index (χ3n) is 4.09. The van der Waals surface area contributed by atoms with Crippen molar-refractivity contribution in [1.82, 2.24) is 9.88 Å². The van der Waals surface area contributed by atoms with Crippen molar-refractivity contribution >= 4 is 10.9 Å². The van der Waals surface area contributed by atoms with Gasteiger partial charge in [-0.15, -0.1) is 0 Å². The summed E-state index contributed by atoms with van der Waals surface area (Å²) < 4.78 is 5.72. The molecule has 4 heteroatoms. The quantitative estimate of drug-likeness (QED) is 0.939. The van der Waals surface area contributed by atoms with Crippen LogP contribution in [-0.2, 0) is 11.3 Å². The number of benzene rings is 1. The molecule has 0 unspecified atom stereocenters. The molecule has 1 atom stereocenters. The third-order valence-corrected chi connectivity index (χ3v) is 4.09. The van der Waals surface area contributed by atoms with Crippen molar-refractivity contribution in [3.8, 4) is 0 Å². The monoisotopic (exact) mass is 286 g/mol. The van der Waals surface area contributed by atoms with Crippen molar-refractivity contribution in [3.05, 3.63) is 46.2 Å². The summed E-state index contributed by atoms with van der Waals surface area (Å²) in [5.41, 5.74) is 1.76. The summed E-state index contributed by atoms with van der Waals surface area (Å²) in [6, 6.07) is 9.92. The number of hydrogen-bond donors (Lipinski definition) is 1. The Hall–Kier alpha value is -1.65. The van der Waals surface area contributed by atoms with Crippen LogP contribution in [0.25, 0.3) is 10.9 Å². The van der Waals surface area contributed by atoms with E-state index in [4.69, 9.17) is 4.74 Å². The number of piperidine rings is 1. The van der Waals surface area contributed by atoms with E-state index < -0.39 is 0 Å². The van der Waals surface area contributed by atoms with Crippen LogP contribution in [-0.4, -0.2) is 35.7 Å². The Morgan fingerprint density at radius 2 is 2.24 bits per heavy atom. The molecule has 0 radical (unpaired) electrons. The van der Waals surface area contributed by atoms with Crippen LogP contribution in [0.5, 0.6) is 0 Å². The molecule has 0 aliphatic carbocycles. The zero-order valence-corrected chi connectivity index (χ0v) is 12.5. The van der Waals surface area contributed by atoms with Gasteiger partial charge in [-0.3, -0.25) is 9.69 Å². The highest BCUT2D eigenvalue weighted by atomic mass is 16.5. The first-order chi connectivity index (χ1) is 10.3. The average Bonchev–Trinajstić information content (AvgIpc) is 2.49. The van der Waals surface area contributed by atoms with Crippen molar-refractivity contribution in [2.45, 2.75) is 32.4 Å². The number of nitrogens with zero attached hydrogens (tertiary/aromatic N) is 1. The fourth-order valence-corrected chi connectivity index (χ4v) is 3.08. The first-order valence-electron chi connectivity index (χ1n) is 7.71. The fraction of sp³-hybridized carbons (Fsp3) is 0.471. The topological polar surface area (TPSA) is 45.3 Å². The lowest BCUT2D eigenvalue weighted by Gasteiger charge is -2.32. The number of hydrogen-bond acceptors (Lipinski definition) is 3. The number of fused-ring (bicyclic) bond motifs is 1. The smallest absolute Gasteiger partial charge is 0.252 e. The molecule has 1 saturated heterocycles. The molecule has 0 spiro atoms. The normalized spacial score (nSPS) is 20.0. The van der Waals surface area contributed by atoms with Gasteiger partial charge in [0.15, 0.2) is 0 Å². The summed E-state index contributed by atoms with van der Waals surface area (Å²) in [7, 11) is 0. The Bertz CT molecular complexity index is 663. The van der Waals surface area contributed by atoms with Gasteiger partial charge in [-0.1, -0.05) is 18.2 Å². The van der Waals surface area contributed by atoms with E-state index in [-0.39, 0.29) is 5.56 Å². The SMILES string of the molecule is CCO[C@@H]1CCCN(Cc2cc3ccccc3[nH]c2=O)C1. The highest BCUT2D eigenvalue weighted by molar-refractivity contribution is 5.78. The average molecular weight is 286 g/mol. The molecular formula is C17H22N2O2. The summed E-state index contributed by atoms with van der Waals surface area (Å²) in [6.07, 6.45) is 2.57. The van der Waals surface area contributed by atoms with Gasteiger partial charge in [0.05, 0.1) is 6.10 Å². The first kappa shape index (κ1) is 14.3. The molecule has 0 bridgehead atoms. The van der Waals surface area contributed by atoms with Crippen LogP contribution in [0, 0.1) is 0 Å². The van der Waals surface area contributed by atoms with E-state index in [1.807, 2.05) is 37.3 Å². The van der Waals surface area contributed by atoms with E-state index in [2.05, 4.69) is 9.88 Å². The Balaban J connectivity index is 1.78. The van der Waals surface area contributed by atoms with Crippen molar-refractivity contribution in [3.63, 3.8) is 0 Å². The number of pyridine rings is 1. The van der Waals surface area contributed by atoms with Crippen LogP contribution >= 0.6 is 0 Å². The second-order valence-corrected chi connectivity index (χ2v) is 5.67. The molecule has 2 heterocycles. The standard InChI is InChI=1S/C17H22N2O2/c1-2-21-15-7-5-9-19(12-15)11-14-10-13-6-3-4-8-16(13)18-17(14)20/h3-4,6,8,10,15H,2,5,7,9,11-12H2,1H3,(H,18,20)/t15-/m1/s1. The fourth-order valence-electron chi connectivity index (χ4n) is 3.08. The number of H-pyrrole nitrogens is 1. The van der Waals surface area contributed by atoms with E-state index in [0.717, 1.165) is 49.0 Å². The van der Waals surface area contributed by atoms with Gasteiger partial charge in [-0.25, -0.2) is 0 Å². The second-order valence-electron chi connectivity index (χ2n) is 5.67. The van der Waals surface area contributed by atoms with Crippen LogP contribution in [0.4, 0.5) is 0 Å². The van der Waals surface area contributed by atoms with Crippen LogP contribution in [0.15, 0.2) is 35.1 Å². The number of aromatic amines is 1. The molecule has 2 aromatic rings. The van der Waals surface area contributed by atoms with Gasteiger partial charge < -0.3 is 9.72 Å². The Kier molecular flexibility index (Phi) is 4.36. The number of aromatic nitrogens is 1. The van der Waals surface area contributed by atoms with Gasteiger partial charge >= 0.3 is 0 Å². The minimum absolute atomic E-state index is 0.0206. The van der Waals surface area contributed by atoms with E-state index in [9.17, 15) is 4.79 Å². The zero-order valence-electron chi connectivity index (χ0n) is 12.5. The van der Waals surface area contributed by atoms with Gasteiger partial charge in [-0.2, -0.15) is 0 Å².